The zero-order chi connectivity index (χ0) is 21.4. The van der Waals surface area contributed by atoms with Crippen LogP contribution in [0.2, 0.25) is 10.0 Å². The lowest BCUT2D eigenvalue weighted by Gasteiger charge is -2.37. The first kappa shape index (κ1) is 19.1. The summed E-state index contributed by atoms with van der Waals surface area (Å²) in [5.41, 5.74) is 0.439. The highest BCUT2D eigenvalue weighted by Crippen LogP contribution is 2.65. The van der Waals surface area contributed by atoms with Gasteiger partial charge in [-0.25, -0.2) is 9.69 Å². The summed E-state index contributed by atoms with van der Waals surface area (Å²) in [7, 11) is 0. The molecule has 5 nitrogen and oxygen atoms in total. The molecule has 2 bridgehead atoms. The topological polar surface area (TPSA) is 63.7 Å². The van der Waals surface area contributed by atoms with Crippen LogP contribution in [-0.2, 0) is 9.59 Å². The van der Waals surface area contributed by atoms with Crippen molar-refractivity contribution in [1.82, 2.24) is 0 Å². The van der Waals surface area contributed by atoms with E-state index in [0.29, 0.717) is 22.5 Å². The highest BCUT2D eigenvalue weighted by atomic mass is 35.5. The van der Waals surface area contributed by atoms with Gasteiger partial charge in [-0.05, 0) is 60.4 Å². The Morgan fingerprint density at radius 2 is 1.58 bits per heavy atom. The number of allylic oxidation sites excluding steroid dienone is 2. The zero-order valence-electron chi connectivity index (χ0n) is 16.2. The van der Waals surface area contributed by atoms with Crippen LogP contribution < -0.4 is 9.64 Å². The van der Waals surface area contributed by atoms with E-state index >= 15 is 0 Å². The SMILES string of the molecule is O=C(Oc1ccccc1N1C(=O)C2C3C=CC(C4CC34)C2C1=O)c1ccc(Cl)cc1Cl. The average molecular weight is 454 g/mol. The Balaban J connectivity index is 1.33. The van der Waals surface area contributed by atoms with Gasteiger partial charge in [0.25, 0.3) is 0 Å². The smallest absolute Gasteiger partial charge is 0.345 e. The van der Waals surface area contributed by atoms with Crippen molar-refractivity contribution in [3.63, 3.8) is 0 Å². The van der Waals surface area contributed by atoms with Crippen LogP contribution in [0.25, 0.3) is 0 Å². The highest BCUT2D eigenvalue weighted by molar-refractivity contribution is 6.36. The molecular formula is C24H17Cl2NO4. The van der Waals surface area contributed by atoms with E-state index in [1.165, 1.54) is 17.0 Å². The van der Waals surface area contributed by atoms with Gasteiger partial charge in [0.1, 0.15) is 0 Å². The van der Waals surface area contributed by atoms with Gasteiger partial charge >= 0.3 is 5.97 Å². The lowest BCUT2D eigenvalue weighted by Crippen LogP contribution is -2.40. The monoisotopic (exact) mass is 453 g/mol. The van der Waals surface area contributed by atoms with Crippen LogP contribution in [0.3, 0.4) is 0 Å². The number of nitrogens with zero attached hydrogens (tertiary/aromatic N) is 1. The second-order valence-corrected chi connectivity index (χ2v) is 9.49. The van der Waals surface area contributed by atoms with E-state index in [-0.39, 0.29) is 51.8 Å². The van der Waals surface area contributed by atoms with Crippen LogP contribution >= 0.6 is 23.2 Å². The largest absolute Gasteiger partial charge is 0.421 e. The number of esters is 1. The number of benzene rings is 2. The van der Waals surface area contributed by atoms with Gasteiger partial charge in [-0.1, -0.05) is 47.5 Å². The first-order valence-electron chi connectivity index (χ1n) is 10.3. The minimum absolute atomic E-state index is 0.129. The van der Waals surface area contributed by atoms with Gasteiger partial charge in [0.05, 0.1) is 28.1 Å². The molecule has 6 unspecified atom stereocenters. The van der Waals surface area contributed by atoms with Crippen LogP contribution in [0.5, 0.6) is 5.75 Å². The fourth-order valence-corrected chi connectivity index (χ4v) is 6.22. The number of halogens is 2. The molecule has 1 aliphatic heterocycles. The molecule has 4 aliphatic carbocycles. The number of carbonyl (C=O) groups is 3. The van der Waals surface area contributed by atoms with Crippen molar-refractivity contribution < 1.29 is 19.1 Å². The second kappa shape index (κ2) is 6.68. The lowest BCUT2D eigenvalue weighted by molar-refractivity contribution is -0.124. The maximum absolute atomic E-state index is 13.4. The summed E-state index contributed by atoms with van der Waals surface area (Å²) in [6, 6.07) is 11.1. The number of amides is 2. The van der Waals surface area contributed by atoms with E-state index in [0.717, 1.165) is 6.42 Å². The molecule has 2 amide bonds. The molecule has 0 radical (unpaired) electrons. The Morgan fingerprint density at radius 1 is 0.935 bits per heavy atom. The van der Waals surface area contributed by atoms with Gasteiger partial charge < -0.3 is 4.74 Å². The third-order valence-corrected chi connectivity index (χ3v) is 7.67. The molecule has 7 heteroatoms. The van der Waals surface area contributed by atoms with Crippen LogP contribution in [0, 0.1) is 35.5 Å². The normalized spacial score (nSPS) is 32.1. The molecule has 156 valence electrons. The van der Waals surface area contributed by atoms with Crippen molar-refractivity contribution >= 4 is 46.7 Å². The van der Waals surface area contributed by atoms with Crippen molar-refractivity contribution in [2.75, 3.05) is 4.90 Å². The number of anilines is 1. The standard InChI is InChI=1S/C24H17Cl2NO4/c25-11-5-6-14(17(26)9-11)24(30)31-19-4-2-1-3-18(19)27-22(28)20-12-7-8-13(16-10-15(12)16)21(20)23(27)29/h1-9,12-13,15-16,20-21H,10H2. The summed E-state index contributed by atoms with van der Waals surface area (Å²) >= 11 is 12.0. The van der Waals surface area contributed by atoms with Crippen LogP contribution in [-0.4, -0.2) is 17.8 Å². The molecule has 5 aliphatic rings. The number of para-hydroxylation sites is 2. The van der Waals surface area contributed by atoms with Crippen LogP contribution in [0.4, 0.5) is 5.69 Å². The molecule has 2 aromatic rings. The van der Waals surface area contributed by atoms with E-state index in [9.17, 15) is 14.4 Å². The molecule has 2 saturated carbocycles. The minimum atomic E-state index is -0.686. The summed E-state index contributed by atoms with van der Waals surface area (Å²) in [4.78, 5) is 40.8. The average Bonchev–Trinajstić information content (AvgIpc) is 3.52. The molecule has 3 fully saturated rings. The van der Waals surface area contributed by atoms with Gasteiger partial charge in [-0.3, -0.25) is 9.59 Å². The van der Waals surface area contributed by atoms with Crippen molar-refractivity contribution in [3.05, 3.63) is 70.2 Å². The maximum atomic E-state index is 13.4. The Morgan fingerprint density at radius 3 is 2.23 bits per heavy atom. The van der Waals surface area contributed by atoms with Gasteiger partial charge in [-0.2, -0.15) is 0 Å². The fraction of sp³-hybridized carbons (Fsp3) is 0.292. The summed E-state index contributed by atoms with van der Waals surface area (Å²) < 4.78 is 5.59. The number of hydrogen-bond donors (Lipinski definition) is 0. The van der Waals surface area contributed by atoms with E-state index in [4.69, 9.17) is 27.9 Å². The second-order valence-electron chi connectivity index (χ2n) is 8.65. The first-order valence-corrected chi connectivity index (χ1v) is 11.0. The number of hydrogen-bond acceptors (Lipinski definition) is 4. The molecule has 1 saturated heterocycles. The Labute approximate surface area is 188 Å². The number of imide groups is 1. The third kappa shape index (κ3) is 2.73. The summed E-state index contributed by atoms with van der Waals surface area (Å²) in [5, 5.41) is 0.565. The van der Waals surface area contributed by atoms with E-state index < -0.39 is 5.97 Å². The summed E-state index contributed by atoms with van der Waals surface area (Å²) in [6.45, 7) is 0. The fourth-order valence-electron chi connectivity index (χ4n) is 5.73. The Bertz CT molecular complexity index is 1160. The Kier molecular flexibility index (Phi) is 4.11. The quantitative estimate of drug-likeness (QED) is 0.290. The number of ether oxygens (including phenoxy) is 1. The number of rotatable bonds is 3. The van der Waals surface area contributed by atoms with E-state index in [1.54, 1.807) is 30.3 Å². The summed E-state index contributed by atoms with van der Waals surface area (Å²) in [6.07, 6.45) is 5.36. The predicted octanol–water partition coefficient (Wildman–Crippen LogP) is 4.77. The molecule has 1 heterocycles. The van der Waals surface area contributed by atoms with Gasteiger partial charge in [0.2, 0.25) is 11.8 Å². The van der Waals surface area contributed by atoms with E-state index in [2.05, 4.69) is 12.2 Å². The molecule has 6 atom stereocenters. The first-order chi connectivity index (χ1) is 15.0. The van der Waals surface area contributed by atoms with Gasteiger partial charge in [-0.15, -0.1) is 0 Å². The molecule has 31 heavy (non-hydrogen) atoms. The van der Waals surface area contributed by atoms with Crippen LogP contribution in [0.15, 0.2) is 54.6 Å². The van der Waals surface area contributed by atoms with Crippen molar-refractivity contribution in [3.8, 4) is 5.75 Å². The summed E-state index contributed by atoms with van der Waals surface area (Å²) in [5.74, 6) is -0.283. The molecule has 7 rings (SSSR count). The molecule has 2 aromatic carbocycles. The third-order valence-electron chi connectivity index (χ3n) is 7.12. The maximum Gasteiger partial charge on any atom is 0.345 e. The zero-order valence-corrected chi connectivity index (χ0v) is 17.7. The highest BCUT2D eigenvalue weighted by Gasteiger charge is 2.67. The molecule has 0 spiro atoms. The van der Waals surface area contributed by atoms with Crippen molar-refractivity contribution in [1.29, 1.82) is 0 Å². The Hall–Kier alpha value is -2.63. The lowest BCUT2D eigenvalue weighted by atomic mass is 9.63. The van der Waals surface area contributed by atoms with Gasteiger partial charge in [0, 0.05) is 5.02 Å². The number of carbonyl (C=O) groups excluding carboxylic acids is 3. The van der Waals surface area contributed by atoms with Gasteiger partial charge in [0.15, 0.2) is 5.75 Å². The van der Waals surface area contributed by atoms with Crippen molar-refractivity contribution in [2.45, 2.75) is 6.42 Å². The molecule has 0 N–H and O–H groups in total. The van der Waals surface area contributed by atoms with Crippen LogP contribution in [0.1, 0.15) is 16.8 Å². The minimum Gasteiger partial charge on any atom is -0.421 e. The van der Waals surface area contributed by atoms with Crippen molar-refractivity contribution in [2.24, 2.45) is 35.5 Å². The molecular weight excluding hydrogens is 437 g/mol. The molecule has 0 aromatic heterocycles. The van der Waals surface area contributed by atoms with E-state index in [1.807, 2.05) is 0 Å². The predicted molar refractivity (Wildman–Crippen MR) is 115 cm³/mol.